The third-order valence-corrected chi connectivity index (χ3v) is 5.60. The Hall–Kier alpha value is -1.28. The van der Waals surface area contributed by atoms with Gasteiger partial charge in [-0.3, -0.25) is 4.79 Å². The molecule has 5 nitrogen and oxygen atoms in total. The lowest BCUT2D eigenvalue weighted by molar-refractivity contribution is 0.101. The summed E-state index contributed by atoms with van der Waals surface area (Å²) in [5.41, 5.74) is 0.358. The number of hydrogen-bond acceptors (Lipinski definition) is 5. The smallest absolute Gasteiger partial charge is 0.342 e. The summed E-state index contributed by atoms with van der Waals surface area (Å²) in [7, 11) is -2.98. The first-order chi connectivity index (χ1) is 11.2. The van der Waals surface area contributed by atoms with Gasteiger partial charge in [0.15, 0.2) is 17.3 Å². The zero-order valence-corrected chi connectivity index (χ0v) is 16.4. The number of carbonyl (C=O) groups is 1. The maximum Gasteiger partial charge on any atom is 0.342 e. The highest BCUT2D eigenvalue weighted by Crippen LogP contribution is 2.36. The van der Waals surface area contributed by atoms with Gasteiger partial charge in [0.2, 0.25) is 0 Å². The molecule has 24 heavy (non-hydrogen) atoms. The predicted molar refractivity (Wildman–Crippen MR) is 95.0 cm³/mol. The Kier molecular flexibility index (Phi) is 5.80. The standard InChI is InChI=1S/C15H11BrCl2O5S/c1-8(19)9-3-4-13(14(5-9)22-2)23-24(20,21)15-11(17)6-10(16)7-12(15)18/h3-7H,1-2H3. The van der Waals surface area contributed by atoms with E-state index in [1.165, 1.54) is 44.4 Å². The van der Waals surface area contributed by atoms with E-state index in [0.717, 1.165) is 0 Å². The second kappa shape index (κ2) is 7.31. The number of Topliss-reactive ketones (excluding diaryl/α,β-unsaturated/α-hetero) is 1. The number of benzene rings is 2. The molecule has 0 spiro atoms. The number of carbonyl (C=O) groups excluding carboxylic acids is 1. The molecule has 0 saturated carbocycles. The Bertz CT molecular complexity index is 889. The number of rotatable bonds is 5. The van der Waals surface area contributed by atoms with Crippen LogP contribution in [-0.4, -0.2) is 21.3 Å². The van der Waals surface area contributed by atoms with E-state index in [4.69, 9.17) is 32.1 Å². The number of methoxy groups -OCH3 is 1. The average Bonchev–Trinajstić information content (AvgIpc) is 2.45. The summed E-state index contributed by atoms with van der Waals surface area (Å²) >= 11 is 15.1. The fourth-order valence-corrected chi connectivity index (χ4v) is 4.71. The molecule has 0 radical (unpaired) electrons. The number of halogens is 3. The van der Waals surface area contributed by atoms with Gasteiger partial charge in [-0.1, -0.05) is 39.1 Å². The molecule has 2 rings (SSSR count). The maximum absolute atomic E-state index is 12.5. The van der Waals surface area contributed by atoms with Gasteiger partial charge in [-0.15, -0.1) is 0 Å². The summed E-state index contributed by atoms with van der Waals surface area (Å²) in [5.74, 6) is -0.185. The topological polar surface area (TPSA) is 69.7 Å². The Morgan fingerprint density at radius 3 is 2.17 bits per heavy atom. The van der Waals surface area contributed by atoms with Crippen molar-refractivity contribution in [3.05, 3.63) is 50.4 Å². The molecule has 2 aromatic rings. The monoisotopic (exact) mass is 452 g/mol. The van der Waals surface area contributed by atoms with Crippen LogP contribution in [0.4, 0.5) is 0 Å². The van der Waals surface area contributed by atoms with Gasteiger partial charge in [0.25, 0.3) is 0 Å². The van der Waals surface area contributed by atoms with Gasteiger partial charge in [0, 0.05) is 10.0 Å². The summed E-state index contributed by atoms with van der Waals surface area (Å²) in [6.45, 7) is 1.38. The molecule has 0 bridgehead atoms. The number of ketones is 1. The normalized spacial score (nSPS) is 11.2. The van der Waals surface area contributed by atoms with Gasteiger partial charge >= 0.3 is 10.1 Å². The first-order valence-electron chi connectivity index (χ1n) is 6.43. The lowest BCUT2D eigenvalue weighted by Gasteiger charge is -2.13. The molecule has 0 atom stereocenters. The fourth-order valence-electron chi connectivity index (χ4n) is 1.88. The minimum absolute atomic E-state index is 0.0856. The first kappa shape index (κ1) is 19.1. The van der Waals surface area contributed by atoms with Gasteiger partial charge in [0.1, 0.15) is 4.90 Å². The van der Waals surface area contributed by atoms with E-state index in [1.54, 1.807) is 0 Å². The Balaban J connectivity index is 2.49. The molecule has 0 saturated heterocycles. The van der Waals surface area contributed by atoms with Crippen molar-refractivity contribution in [1.29, 1.82) is 0 Å². The van der Waals surface area contributed by atoms with Crippen molar-refractivity contribution in [2.24, 2.45) is 0 Å². The van der Waals surface area contributed by atoms with E-state index >= 15 is 0 Å². The van der Waals surface area contributed by atoms with Crippen LogP contribution in [0.25, 0.3) is 0 Å². The third-order valence-electron chi connectivity index (χ3n) is 2.98. The quantitative estimate of drug-likeness (QED) is 0.483. The summed E-state index contributed by atoms with van der Waals surface area (Å²) in [6.07, 6.45) is 0. The molecule has 128 valence electrons. The molecule has 0 aliphatic carbocycles. The van der Waals surface area contributed by atoms with Crippen molar-refractivity contribution >= 4 is 55.0 Å². The van der Waals surface area contributed by atoms with Gasteiger partial charge < -0.3 is 8.92 Å². The van der Waals surface area contributed by atoms with Crippen LogP contribution >= 0.6 is 39.1 Å². The molecule has 0 amide bonds. The van der Waals surface area contributed by atoms with Crippen molar-refractivity contribution in [3.63, 3.8) is 0 Å². The molecule has 0 heterocycles. The summed E-state index contributed by atoms with van der Waals surface area (Å²) in [5, 5.41) is -0.178. The Labute approximate surface area is 157 Å². The maximum atomic E-state index is 12.5. The van der Waals surface area contributed by atoms with Crippen LogP contribution in [0.3, 0.4) is 0 Å². The van der Waals surface area contributed by atoms with Crippen molar-refractivity contribution in [3.8, 4) is 11.5 Å². The molecule has 0 aliphatic rings. The van der Waals surface area contributed by atoms with Gasteiger partial charge in [0.05, 0.1) is 17.2 Å². The van der Waals surface area contributed by atoms with Crippen molar-refractivity contribution in [2.45, 2.75) is 11.8 Å². The first-order valence-corrected chi connectivity index (χ1v) is 9.39. The van der Waals surface area contributed by atoms with Crippen molar-refractivity contribution < 1.29 is 22.1 Å². The molecule has 0 N–H and O–H groups in total. The van der Waals surface area contributed by atoms with Crippen LogP contribution in [0.15, 0.2) is 39.7 Å². The summed E-state index contributed by atoms with van der Waals surface area (Å²) < 4.78 is 35.7. The highest BCUT2D eigenvalue weighted by atomic mass is 79.9. The highest BCUT2D eigenvalue weighted by Gasteiger charge is 2.26. The van der Waals surface area contributed by atoms with Crippen molar-refractivity contribution in [1.82, 2.24) is 0 Å². The van der Waals surface area contributed by atoms with Gasteiger partial charge in [-0.2, -0.15) is 8.42 Å². The average molecular weight is 454 g/mol. The van der Waals surface area contributed by atoms with Crippen LogP contribution in [0.5, 0.6) is 11.5 Å². The predicted octanol–water partition coefficient (Wildman–Crippen LogP) is 4.73. The van der Waals surface area contributed by atoms with E-state index in [1.807, 2.05) is 0 Å². The Morgan fingerprint density at radius 1 is 1.08 bits per heavy atom. The van der Waals surface area contributed by atoms with Gasteiger partial charge in [-0.25, -0.2) is 0 Å². The SMILES string of the molecule is COc1cc(C(C)=O)ccc1OS(=O)(=O)c1c(Cl)cc(Br)cc1Cl. The largest absolute Gasteiger partial charge is 0.493 e. The van der Waals surface area contributed by atoms with E-state index in [0.29, 0.717) is 10.0 Å². The van der Waals surface area contributed by atoms with E-state index in [2.05, 4.69) is 15.9 Å². The van der Waals surface area contributed by atoms with Crippen LogP contribution in [-0.2, 0) is 10.1 Å². The zero-order chi connectivity index (χ0) is 18.1. The fraction of sp³-hybridized carbons (Fsp3) is 0.133. The van der Waals surface area contributed by atoms with Crippen molar-refractivity contribution in [2.75, 3.05) is 7.11 Å². The summed E-state index contributed by atoms with van der Waals surface area (Å²) in [6, 6.07) is 6.92. The Morgan fingerprint density at radius 2 is 1.67 bits per heavy atom. The lowest BCUT2D eigenvalue weighted by atomic mass is 10.1. The van der Waals surface area contributed by atoms with Crippen LogP contribution in [0.1, 0.15) is 17.3 Å². The second-order valence-electron chi connectivity index (χ2n) is 4.66. The number of ether oxygens (including phenoxy) is 1. The summed E-state index contributed by atoms with van der Waals surface area (Å²) in [4.78, 5) is 11.0. The number of hydrogen-bond donors (Lipinski definition) is 0. The second-order valence-corrected chi connectivity index (χ2v) is 7.87. The molecular formula is C15H11BrCl2O5S. The van der Waals surface area contributed by atoms with E-state index < -0.39 is 10.1 Å². The van der Waals surface area contributed by atoms with E-state index in [-0.39, 0.29) is 32.2 Å². The van der Waals surface area contributed by atoms with Crippen LogP contribution in [0.2, 0.25) is 10.0 Å². The minimum atomic E-state index is -4.31. The molecule has 0 aliphatic heterocycles. The molecule has 0 fully saturated rings. The molecular weight excluding hydrogens is 443 g/mol. The minimum Gasteiger partial charge on any atom is -0.493 e. The van der Waals surface area contributed by atoms with Gasteiger partial charge in [-0.05, 0) is 37.3 Å². The van der Waals surface area contributed by atoms with E-state index in [9.17, 15) is 13.2 Å². The van der Waals surface area contributed by atoms with Crippen LogP contribution < -0.4 is 8.92 Å². The highest BCUT2D eigenvalue weighted by molar-refractivity contribution is 9.10. The molecule has 0 aromatic heterocycles. The lowest BCUT2D eigenvalue weighted by Crippen LogP contribution is -2.12. The zero-order valence-electron chi connectivity index (χ0n) is 12.5. The third kappa shape index (κ3) is 4.03. The molecule has 9 heteroatoms. The molecule has 2 aromatic carbocycles. The van der Waals surface area contributed by atoms with Crippen LogP contribution in [0, 0.1) is 0 Å². The molecule has 0 unspecified atom stereocenters.